The van der Waals surface area contributed by atoms with Gasteiger partial charge >= 0.3 is 0 Å². The first kappa shape index (κ1) is 14.8. The molecule has 4 rings (SSSR count). The van der Waals surface area contributed by atoms with Gasteiger partial charge in [0.25, 0.3) is 5.69 Å². The predicted octanol–water partition coefficient (Wildman–Crippen LogP) is 4.57. The zero-order chi connectivity index (χ0) is 16.7. The molecule has 4 aromatic rings. The maximum absolute atomic E-state index is 11.0. The van der Waals surface area contributed by atoms with Gasteiger partial charge < -0.3 is 10.1 Å². The Balaban J connectivity index is 1.75. The summed E-state index contributed by atoms with van der Waals surface area (Å²) in [5.41, 5.74) is 1.49. The van der Waals surface area contributed by atoms with Crippen molar-refractivity contribution in [2.24, 2.45) is 0 Å². The van der Waals surface area contributed by atoms with E-state index in [4.69, 9.17) is 4.74 Å². The molecule has 0 saturated carbocycles. The number of para-hydroxylation sites is 1. The second-order valence-corrected chi connectivity index (χ2v) is 6.94. The molecular formula is C15H10N4O3S2. The quantitative estimate of drug-likeness (QED) is 0.425. The molecule has 2 aromatic carbocycles. The van der Waals surface area contributed by atoms with Crippen molar-refractivity contribution < 1.29 is 9.66 Å². The van der Waals surface area contributed by atoms with Crippen LogP contribution >= 0.6 is 22.7 Å². The van der Waals surface area contributed by atoms with Crippen molar-refractivity contribution in [3.63, 3.8) is 0 Å². The van der Waals surface area contributed by atoms with Crippen molar-refractivity contribution in [1.29, 1.82) is 0 Å². The third-order valence-corrected chi connectivity index (χ3v) is 5.25. The Bertz CT molecular complexity index is 1040. The van der Waals surface area contributed by atoms with Gasteiger partial charge in [0.2, 0.25) is 0 Å². The third-order valence-electron chi connectivity index (χ3n) is 3.38. The topological polar surface area (TPSA) is 90.2 Å². The summed E-state index contributed by atoms with van der Waals surface area (Å²) in [6.45, 7) is 0. The van der Waals surface area contributed by atoms with E-state index in [1.165, 1.54) is 41.9 Å². The standard InChI is InChI=1S/C15H10N4O3S2/c1-22-10-6-8(19(20)21)7-12-13(10)17-15(24-12)18-14-16-9-4-2-3-5-11(9)23-14/h2-7H,1H3,(H,16,17,18). The van der Waals surface area contributed by atoms with Crippen molar-refractivity contribution >= 4 is 59.1 Å². The summed E-state index contributed by atoms with van der Waals surface area (Å²) in [6, 6.07) is 10.7. The van der Waals surface area contributed by atoms with E-state index in [1.807, 2.05) is 24.3 Å². The van der Waals surface area contributed by atoms with E-state index in [2.05, 4.69) is 15.3 Å². The minimum atomic E-state index is -0.442. The molecule has 0 aliphatic rings. The third kappa shape index (κ3) is 2.53. The number of nitro groups is 1. The average Bonchev–Trinajstić information content (AvgIpc) is 3.16. The van der Waals surface area contributed by atoms with Crippen LogP contribution < -0.4 is 10.1 Å². The molecule has 0 atom stereocenters. The average molecular weight is 358 g/mol. The van der Waals surface area contributed by atoms with Gasteiger partial charge in [-0.15, -0.1) is 0 Å². The number of nitrogens with one attached hydrogen (secondary N) is 1. The molecule has 2 aromatic heterocycles. The van der Waals surface area contributed by atoms with Gasteiger partial charge in [-0.1, -0.05) is 34.8 Å². The van der Waals surface area contributed by atoms with Gasteiger partial charge in [0.05, 0.1) is 33.0 Å². The Hall–Kier alpha value is -2.78. The monoisotopic (exact) mass is 358 g/mol. The van der Waals surface area contributed by atoms with E-state index < -0.39 is 4.92 Å². The lowest BCUT2D eigenvalue weighted by Gasteiger charge is -1.99. The van der Waals surface area contributed by atoms with Crippen molar-refractivity contribution in [3.05, 3.63) is 46.5 Å². The first-order valence-corrected chi connectivity index (χ1v) is 8.53. The van der Waals surface area contributed by atoms with E-state index in [1.54, 1.807) is 0 Å². The maximum atomic E-state index is 11.0. The molecule has 0 spiro atoms. The Kier molecular flexibility index (Phi) is 3.51. The summed E-state index contributed by atoms with van der Waals surface area (Å²) in [6.07, 6.45) is 0. The zero-order valence-corrected chi connectivity index (χ0v) is 14.0. The second kappa shape index (κ2) is 5.69. The molecule has 2 heterocycles. The first-order chi connectivity index (χ1) is 11.6. The molecule has 1 N–H and O–H groups in total. The fraction of sp³-hybridized carbons (Fsp3) is 0.0667. The predicted molar refractivity (Wildman–Crippen MR) is 95.7 cm³/mol. The second-order valence-electron chi connectivity index (χ2n) is 4.88. The van der Waals surface area contributed by atoms with E-state index in [0.29, 0.717) is 21.1 Å². The number of non-ortho nitro benzene ring substituents is 1. The number of ether oxygens (including phenoxy) is 1. The number of hydrogen-bond acceptors (Lipinski definition) is 8. The number of nitrogens with zero attached hydrogens (tertiary/aromatic N) is 3. The highest BCUT2D eigenvalue weighted by Gasteiger charge is 2.17. The Labute approximate surface area is 143 Å². The molecule has 120 valence electrons. The van der Waals surface area contributed by atoms with Crippen LogP contribution in [-0.4, -0.2) is 22.0 Å². The van der Waals surface area contributed by atoms with Crippen LogP contribution in [0.5, 0.6) is 5.75 Å². The summed E-state index contributed by atoms with van der Waals surface area (Å²) >= 11 is 2.85. The Morgan fingerprint density at radius 2 is 1.88 bits per heavy atom. The number of benzene rings is 2. The summed E-state index contributed by atoms with van der Waals surface area (Å²) in [5, 5.41) is 15.5. The van der Waals surface area contributed by atoms with Crippen molar-refractivity contribution in [3.8, 4) is 5.75 Å². The fourth-order valence-electron chi connectivity index (χ4n) is 2.32. The molecule has 0 aliphatic heterocycles. The van der Waals surface area contributed by atoms with E-state index in [0.717, 1.165) is 15.3 Å². The van der Waals surface area contributed by atoms with Crippen molar-refractivity contribution in [1.82, 2.24) is 9.97 Å². The minimum absolute atomic E-state index is 0.0189. The van der Waals surface area contributed by atoms with Gasteiger partial charge in [0, 0.05) is 6.07 Å². The van der Waals surface area contributed by atoms with Gasteiger partial charge in [-0.2, -0.15) is 0 Å². The van der Waals surface area contributed by atoms with E-state index >= 15 is 0 Å². The summed E-state index contributed by atoms with van der Waals surface area (Å²) < 4.78 is 6.99. The molecule has 0 radical (unpaired) electrons. The molecule has 0 fully saturated rings. The highest BCUT2D eigenvalue weighted by Crippen LogP contribution is 2.38. The van der Waals surface area contributed by atoms with Gasteiger partial charge in [0.1, 0.15) is 5.52 Å². The van der Waals surface area contributed by atoms with E-state index in [9.17, 15) is 10.1 Å². The SMILES string of the molecule is COc1cc([N+](=O)[O-])cc2sc(Nc3nc4ccccc4s3)nc12. The highest BCUT2D eigenvalue weighted by atomic mass is 32.1. The van der Waals surface area contributed by atoms with Gasteiger partial charge in [0.15, 0.2) is 16.0 Å². The number of aromatic nitrogens is 2. The van der Waals surface area contributed by atoms with Crippen LogP contribution in [-0.2, 0) is 0 Å². The van der Waals surface area contributed by atoms with Gasteiger partial charge in [-0.3, -0.25) is 10.1 Å². The highest BCUT2D eigenvalue weighted by molar-refractivity contribution is 7.24. The lowest BCUT2D eigenvalue weighted by atomic mass is 10.3. The van der Waals surface area contributed by atoms with Crippen LogP contribution in [0.4, 0.5) is 16.0 Å². The van der Waals surface area contributed by atoms with Gasteiger partial charge in [-0.05, 0) is 12.1 Å². The number of methoxy groups -OCH3 is 1. The number of rotatable bonds is 4. The fourth-order valence-corrected chi connectivity index (χ4v) is 4.16. The van der Waals surface area contributed by atoms with Crippen LogP contribution in [0.2, 0.25) is 0 Å². The van der Waals surface area contributed by atoms with E-state index in [-0.39, 0.29) is 5.69 Å². The first-order valence-electron chi connectivity index (χ1n) is 6.89. The van der Waals surface area contributed by atoms with Crippen LogP contribution in [0.25, 0.3) is 20.4 Å². The molecule has 0 amide bonds. The summed E-state index contributed by atoms with van der Waals surface area (Å²) in [7, 11) is 1.47. The minimum Gasteiger partial charge on any atom is -0.494 e. The normalized spacial score (nSPS) is 11.0. The van der Waals surface area contributed by atoms with Crippen molar-refractivity contribution in [2.75, 3.05) is 12.4 Å². The molecule has 0 aliphatic carbocycles. The molecule has 0 unspecified atom stereocenters. The van der Waals surface area contributed by atoms with Crippen molar-refractivity contribution in [2.45, 2.75) is 0 Å². The number of fused-ring (bicyclic) bond motifs is 2. The number of nitro benzene ring substituents is 1. The van der Waals surface area contributed by atoms with Crippen LogP contribution in [0.3, 0.4) is 0 Å². The Morgan fingerprint density at radius 3 is 2.62 bits per heavy atom. The zero-order valence-electron chi connectivity index (χ0n) is 12.3. The molecule has 24 heavy (non-hydrogen) atoms. The number of anilines is 2. The maximum Gasteiger partial charge on any atom is 0.274 e. The molecule has 0 saturated heterocycles. The molecule has 7 nitrogen and oxygen atoms in total. The number of thiazole rings is 2. The lowest BCUT2D eigenvalue weighted by Crippen LogP contribution is -1.91. The largest absolute Gasteiger partial charge is 0.494 e. The van der Waals surface area contributed by atoms with Crippen LogP contribution in [0.15, 0.2) is 36.4 Å². The summed E-state index contributed by atoms with van der Waals surface area (Å²) in [4.78, 5) is 19.6. The summed E-state index contributed by atoms with van der Waals surface area (Å²) in [5.74, 6) is 0.382. The Morgan fingerprint density at radius 1 is 1.12 bits per heavy atom. The molecule has 9 heteroatoms. The van der Waals surface area contributed by atoms with Crippen LogP contribution in [0, 0.1) is 10.1 Å². The van der Waals surface area contributed by atoms with Gasteiger partial charge in [-0.25, -0.2) is 9.97 Å². The molecular weight excluding hydrogens is 348 g/mol. The molecule has 0 bridgehead atoms. The smallest absolute Gasteiger partial charge is 0.274 e. The number of hydrogen-bond donors (Lipinski definition) is 1. The lowest BCUT2D eigenvalue weighted by molar-refractivity contribution is -0.384. The van der Waals surface area contributed by atoms with Crippen LogP contribution in [0.1, 0.15) is 0 Å².